The van der Waals surface area contributed by atoms with Gasteiger partial charge in [0.15, 0.2) is 10.0 Å². The van der Waals surface area contributed by atoms with Gasteiger partial charge in [-0.15, -0.1) is 22.7 Å². The zero-order valence-electron chi connectivity index (χ0n) is 22.8. The van der Waals surface area contributed by atoms with Gasteiger partial charge in [0.2, 0.25) is 0 Å². The van der Waals surface area contributed by atoms with Crippen molar-refractivity contribution in [2.75, 3.05) is 23.8 Å². The SMILES string of the molecule is C1CCOC1.O=C(Nc1sc(-c2nc(-c3ccccc3)c(NC(=O)c3cccs3)s2)nc1-c1ccccc1)c1cccs1. The molecule has 1 aliphatic rings. The van der Waals surface area contributed by atoms with Gasteiger partial charge in [0.1, 0.15) is 21.4 Å². The average molecular weight is 643 g/mol. The van der Waals surface area contributed by atoms with Gasteiger partial charge in [-0.25, -0.2) is 9.97 Å². The molecule has 216 valence electrons. The summed E-state index contributed by atoms with van der Waals surface area (Å²) in [6, 6.07) is 26.8. The molecule has 6 aromatic rings. The summed E-state index contributed by atoms with van der Waals surface area (Å²) in [7, 11) is 0. The van der Waals surface area contributed by atoms with Crippen molar-refractivity contribution in [3.05, 3.63) is 105 Å². The highest BCUT2D eigenvalue weighted by Crippen LogP contribution is 2.43. The topological polar surface area (TPSA) is 93.2 Å². The fraction of sp³-hybridized carbons (Fsp3) is 0.125. The second kappa shape index (κ2) is 14.0. The number of rotatable bonds is 7. The Kier molecular flexibility index (Phi) is 9.46. The highest BCUT2D eigenvalue weighted by atomic mass is 32.1. The van der Waals surface area contributed by atoms with Crippen LogP contribution in [0.15, 0.2) is 95.7 Å². The molecule has 2 N–H and O–H groups in total. The van der Waals surface area contributed by atoms with Gasteiger partial charge in [-0.3, -0.25) is 9.59 Å². The molecule has 0 spiro atoms. The minimum atomic E-state index is -0.180. The molecular formula is C32H26N4O3S4. The summed E-state index contributed by atoms with van der Waals surface area (Å²) in [4.78, 5) is 36.9. The molecule has 1 saturated heterocycles. The third-order valence-electron chi connectivity index (χ3n) is 6.30. The van der Waals surface area contributed by atoms with E-state index in [0.717, 1.165) is 24.3 Å². The predicted octanol–water partition coefficient (Wildman–Crippen LogP) is 9.02. The molecule has 0 saturated carbocycles. The van der Waals surface area contributed by atoms with Gasteiger partial charge in [-0.2, -0.15) is 0 Å². The highest BCUT2D eigenvalue weighted by Gasteiger charge is 2.23. The third kappa shape index (κ3) is 7.15. The van der Waals surface area contributed by atoms with E-state index in [1.54, 1.807) is 12.1 Å². The fourth-order valence-electron chi connectivity index (χ4n) is 4.23. The maximum Gasteiger partial charge on any atom is 0.266 e. The van der Waals surface area contributed by atoms with E-state index in [1.807, 2.05) is 83.6 Å². The van der Waals surface area contributed by atoms with Gasteiger partial charge in [0, 0.05) is 24.3 Å². The standard InChI is InChI=1S/C28H18N4O2S4.C4H8O/c33-23(19-13-7-15-35-19)31-25-21(17-9-3-1-4-10-17)29-27(37-25)28-30-22(18-11-5-2-6-12-18)26(38-28)32-24(34)20-14-8-16-36-20;1-2-4-5-3-1/h1-16H,(H,31,33)(H,32,34);1-4H2. The van der Waals surface area contributed by atoms with Crippen molar-refractivity contribution >= 4 is 67.2 Å². The largest absolute Gasteiger partial charge is 0.381 e. The minimum absolute atomic E-state index is 0.180. The number of carbonyl (C=O) groups is 2. The van der Waals surface area contributed by atoms with Crippen LogP contribution < -0.4 is 10.6 Å². The Morgan fingerprint density at radius 2 is 1.05 bits per heavy atom. The van der Waals surface area contributed by atoms with Crippen LogP contribution in [0.1, 0.15) is 32.2 Å². The lowest BCUT2D eigenvalue weighted by Gasteiger charge is -2.03. The fourth-order valence-corrected chi connectivity index (χ4v) is 7.45. The number of hydrogen-bond acceptors (Lipinski definition) is 9. The Hall–Kier alpha value is -4.00. The molecule has 0 radical (unpaired) electrons. The lowest BCUT2D eigenvalue weighted by Crippen LogP contribution is -2.09. The summed E-state index contributed by atoms with van der Waals surface area (Å²) < 4.78 is 4.94. The first-order valence-electron chi connectivity index (χ1n) is 13.6. The Balaban J connectivity index is 0.000000599. The minimum Gasteiger partial charge on any atom is -0.381 e. The van der Waals surface area contributed by atoms with Gasteiger partial charge in [-0.05, 0) is 35.7 Å². The molecule has 43 heavy (non-hydrogen) atoms. The molecule has 0 aliphatic carbocycles. The normalized spacial score (nSPS) is 12.4. The summed E-state index contributed by atoms with van der Waals surface area (Å²) in [5, 5.41) is 12.4. The summed E-state index contributed by atoms with van der Waals surface area (Å²) in [5.74, 6) is -0.360. The van der Waals surface area contributed by atoms with Crippen LogP contribution in [-0.4, -0.2) is 35.0 Å². The lowest BCUT2D eigenvalue weighted by atomic mass is 10.1. The zero-order chi connectivity index (χ0) is 29.4. The van der Waals surface area contributed by atoms with Gasteiger partial charge in [0.25, 0.3) is 11.8 Å². The van der Waals surface area contributed by atoms with Crippen LogP contribution in [-0.2, 0) is 4.74 Å². The van der Waals surface area contributed by atoms with E-state index in [1.165, 1.54) is 58.2 Å². The van der Waals surface area contributed by atoms with E-state index in [2.05, 4.69) is 10.6 Å². The number of carbonyl (C=O) groups excluding carboxylic acids is 2. The summed E-state index contributed by atoms with van der Waals surface area (Å²) in [5.41, 5.74) is 3.14. The van der Waals surface area contributed by atoms with Crippen LogP contribution in [0.3, 0.4) is 0 Å². The number of aromatic nitrogens is 2. The van der Waals surface area contributed by atoms with Crippen molar-refractivity contribution in [3.8, 4) is 32.5 Å². The molecule has 0 unspecified atom stereocenters. The molecule has 4 aromatic heterocycles. The van der Waals surface area contributed by atoms with Gasteiger partial charge < -0.3 is 15.4 Å². The van der Waals surface area contributed by atoms with E-state index in [0.29, 0.717) is 41.2 Å². The molecule has 11 heteroatoms. The lowest BCUT2D eigenvalue weighted by molar-refractivity contribution is 0.102. The smallest absolute Gasteiger partial charge is 0.266 e. The number of hydrogen-bond donors (Lipinski definition) is 2. The molecular weight excluding hydrogens is 617 g/mol. The molecule has 0 bridgehead atoms. The number of ether oxygens (including phenoxy) is 1. The monoisotopic (exact) mass is 642 g/mol. The Morgan fingerprint density at radius 3 is 1.40 bits per heavy atom. The molecule has 7 rings (SSSR count). The number of anilines is 2. The quantitative estimate of drug-likeness (QED) is 0.181. The van der Waals surface area contributed by atoms with Crippen molar-refractivity contribution in [3.63, 3.8) is 0 Å². The Bertz CT molecular complexity index is 1640. The van der Waals surface area contributed by atoms with Crippen molar-refractivity contribution in [2.45, 2.75) is 12.8 Å². The number of nitrogens with zero attached hydrogens (tertiary/aromatic N) is 2. The Morgan fingerprint density at radius 1 is 0.605 bits per heavy atom. The van der Waals surface area contributed by atoms with Gasteiger partial charge in [-0.1, -0.05) is 95.5 Å². The number of thiazole rings is 2. The van der Waals surface area contributed by atoms with Crippen LogP contribution >= 0.6 is 45.3 Å². The third-order valence-corrected chi connectivity index (χ3v) is 10.1. The molecule has 0 atom stereocenters. The number of amides is 2. The Labute approximate surface area is 264 Å². The molecule has 1 aliphatic heterocycles. The first kappa shape index (κ1) is 29.1. The first-order valence-corrected chi connectivity index (χ1v) is 17.0. The summed E-state index contributed by atoms with van der Waals surface area (Å²) in [6.07, 6.45) is 2.56. The molecule has 2 amide bonds. The zero-order valence-corrected chi connectivity index (χ0v) is 26.1. The van der Waals surface area contributed by atoms with Gasteiger partial charge >= 0.3 is 0 Å². The molecule has 1 fully saturated rings. The van der Waals surface area contributed by atoms with Gasteiger partial charge in [0.05, 0.1) is 9.75 Å². The van der Waals surface area contributed by atoms with E-state index in [-0.39, 0.29) is 11.8 Å². The van der Waals surface area contributed by atoms with E-state index in [9.17, 15) is 9.59 Å². The number of nitrogens with one attached hydrogen (secondary N) is 2. The number of benzene rings is 2. The first-order chi connectivity index (χ1) is 21.2. The average Bonchev–Trinajstić information content (AvgIpc) is 3.88. The summed E-state index contributed by atoms with van der Waals surface area (Å²) in [6.45, 7) is 2.00. The maximum atomic E-state index is 12.9. The molecule has 2 aromatic carbocycles. The molecule has 7 nitrogen and oxygen atoms in total. The van der Waals surface area contributed by atoms with Crippen LogP contribution in [0, 0.1) is 0 Å². The van der Waals surface area contributed by atoms with Crippen molar-refractivity contribution in [1.29, 1.82) is 0 Å². The van der Waals surface area contributed by atoms with Crippen molar-refractivity contribution in [1.82, 2.24) is 9.97 Å². The second-order valence-electron chi connectivity index (χ2n) is 9.31. The van der Waals surface area contributed by atoms with Crippen LogP contribution in [0.25, 0.3) is 32.5 Å². The maximum absolute atomic E-state index is 12.9. The van der Waals surface area contributed by atoms with Crippen LogP contribution in [0.2, 0.25) is 0 Å². The molecule has 5 heterocycles. The highest BCUT2D eigenvalue weighted by molar-refractivity contribution is 7.26. The predicted molar refractivity (Wildman–Crippen MR) is 179 cm³/mol. The van der Waals surface area contributed by atoms with E-state index in [4.69, 9.17) is 14.7 Å². The summed E-state index contributed by atoms with van der Waals surface area (Å²) >= 11 is 5.50. The van der Waals surface area contributed by atoms with Crippen LogP contribution in [0.4, 0.5) is 10.0 Å². The van der Waals surface area contributed by atoms with E-state index < -0.39 is 0 Å². The van der Waals surface area contributed by atoms with Crippen molar-refractivity contribution < 1.29 is 14.3 Å². The van der Waals surface area contributed by atoms with Crippen molar-refractivity contribution in [2.24, 2.45) is 0 Å². The van der Waals surface area contributed by atoms with Crippen LogP contribution in [0.5, 0.6) is 0 Å². The number of thiophene rings is 2. The van der Waals surface area contributed by atoms with E-state index >= 15 is 0 Å². The second-order valence-corrected chi connectivity index (χ2v) is 13.2.